The number of amides is 3. The van der Waals surface area contributed by atoms with Crippen LogP contribution in [-0.2, 0) is 4.79 Å². The summed E-state index contributed by atoms with van der Waals surface area (Å²) in [7, 11) is 0. The molecule has 0 aliphatic carbocycles. The number of nitrogens with one attached hydrogen (secondary N) is 3. The van der Waals surface area contributed by atoms with Gasteiger partial charge in [0.05, 0.1) is 10.7 Å². The van der Waals surface area contributed by atoms with Crippen molar-refractivity contribution >= 4 is 34.7 Å². The van der Waals surface area contributed by atoms with Crippen molar-refractivity contribution in [3.63, 3.8) is 0 Å². The summed E-state index contributed by atoms with van der Waals surface area (Å²) in [5.74, 6) is -0.495. The first-order valence-corrected chi connectivity index (χ1v) is 9.12. The average molecular weight is 374 g/mol. The highest BCUT2D eigenvalue weighted by atomic mass is 32.1. The number of aryl methyl sites for hydroxylation is 2. The standard InChI is InChI=1S/C18H22N4O3S/c1-4-15(23)19-9-10-20-17(24)13-5-7-14(8-6-13)22-18(25)16-11(2)21-12(3)26-16/h5-8H,4,9-10H2,1-3H3,(H,19,23)(H,20,24)(H,22,25). The van der Waals surface area contributed by atoms with Gasteiger partial charge in [0.2, 0.25) is 5.91 Å². The van der Waals surface area contributed by atoms with Crippen LogP contribution in [0.1, 0.15) is 44.1 Å². The highest BCUT2D eigenvalue weighted by molar-refractivity contribution is 7.13. The van der Waals surface area contributed by atoms with Gasteiger partial charge in [-0.1, -0.05) is 6.92 Å². The molecule has 0 aliphatic rings. The number of hydrogen-bond donors (Lipinski definition) is 3. The highest BCUT2D eigenvalue weighted by Gasteiger charge is 2.14. The molecule has 3 amide bonds. The fraction of sp³-hybridized carbons (Fsp3) is 0.333. The van der Waals surface area contributed by atoms with E-state index in [2.05, 4.69) is 20.9 Å². The van der Waals surface area contributed by atoms with Crippen LogP contribution < -0.4 is 16.0 Å². The molecule has 0 saturated carbocycles. The van der Waals surface area contributed by atoms with Gasteiger partial charge >= 0.3 is 0 Å². The number of rotatable bonds is 7. The zero-order valence-corrected chi connectivity index (χ0v) is 15.8. The van der Waals surface area contributed by atoms with Gasteiger partial charge < -0.3 is 16.0 Å². The van der Waals surface area contributed by atoms with E-state index in [0.717, 1.165) is 5.01 Å². The van der Waals surface area contributed by atoms with Gasteiger partial charge in [0.1, 0.15) is 4.88 Å². The highest BCUT2D eigenvalue weighted by Crippen LogP contribution is 2.19. The maximum absolute atomic E-state index is 12.3. The van der Waals surface area contributed by atoms with Crippen molar-refractivity contribution in [3.8, 4) is 0 Å². The number of benzene rings is 1. The van der Waals surface area contributed by atoms with Crippen LogP contribution in [0.4, 0.5) is 5.69 Å². The van der Waals surface area contributed by atoms with Crippen molar-refractivity contribution < 1.29 is 14.4 Å². The van der Waals surface area contributed by atoms with Gasteiger partial charge in [-0.3, -0.25) is 14.4 Å². The second kappa shape index (κ2) is 9.10. The molecule has 0 atom stereocenters. The summed E-state index contributed by atoms with van der Waals surface area (Å²) in [6.45, 7) is 6.17. The van der Waals surface area contributed by atoms with E-state index in [4.69, 9.17) is 0 Å². The van der Waals surface area contributed by atoms with E-state index in [1.165, 1.54) is 11.3 Å². The summed E-state index contributed by atoms with van der Waals surface area (Å²) in [5, 5.41) is 9.06. The lowest BCUT2D eigenvalue weighted by Gasteiger charge is -2.08. The summed E-state index contributed by atoms with van der Waals surface area (Å²) >= 11 is 1.35. The molecule has 0 saturated heterocycles. The first kappa shape index (κ1) is 19.6. The second-order valence-corrected chi connectivity index (χ2v) is 6.84. The average Bonchev–Trinajstić information content (AvgIpc) is 2.97. The first-order valence-electron chi connectivity index (χ1n) is 8.31. The van der Waals surface area contributed by atoms with Gasteiger partial charge in [-0.2, -0.15) is 0 Å². The molecule has 0 bridgehead atoms. The lowest BCUT2D eigenvalue weighted by Crippen LogP contribution is -2.34. The number of carbonyl (C=O) groups excluding carboxylic acids is 3. The van der Waals surface area contributed by atoms with Crippen LogP contribution in [0, 0.1) is 13.8 Å². The molecule has 1 heterocycles. The zero-order valence-electron chi connectivity index (χ0n) is 15.0. The number of thiazole rings is 1. The topological polar surface area (TPSA) is 100 Å². The first-order chi connectivity index (χ1) is 12.4. The predicted octanol–water partition coefficient (Wildman–Crippen LogP) is 2.27. The van der Waals surface area contributed by atoms with Crippen molar-refractivity contribution in [3.05, 3.63) is 45.4 Å². The fourth-order valence-corrected chi connectivity index (χ4v) is 3.05. The van der Waals surface area contributed by atoms with Crippen molar-refractivity contribution in [1.29, 1.82) is 0 Å². The summed E-state index contributed by atoms with van der Waals surface area (Å²) < 4.78 is 0. The monoisotopic (exact) mass is 374 g/mol. The van der Waals surface area contributed by atoms with E-state index in [1.54, 1.807) is 38.1 Å². The Morgan fingerprint density at radius 3 is 2.23 bits per heavy atom. The van der Waals surface area contributed by atoms with Gasteiger partial charge in [0, 0.05) is 30.8 Å². The Labute approximate surface area is 156 Å². The Bertz CT molecular complexity index is 799. The molecule has 0 unspecified atom stereocenters. The van der Waals surface area contributed by atoms with E-state index in [1.807, 2.05) is 6.92 Å². The SMILES string of the molecule is CCC(=O)NCCNC(=O)c1ccc(NC(=O)c2sc(C)nc2C)cc1. The molecule has 7 nitrogen and oxygen atoms in total. The van der Waals surface area contributed by atoms with Gasteiger partial charge in [-0.15, -0.1) is 11.3 Å². The molecule has 8 heteroatoms. The van der Waals surface area contributed by atoms with Crippen LogP contribution in [0.25, 0.3) is 0 Å². The van der Waals surface area contributed by atoms with Crippen LogP contribution in [0.15, 0.2) is 24.3 Å². The Balaban J connectivity index is 1.87. The van der Waals surface area contributed by atoms with E-state index < -0.39 is 0 Å². The molecule has 1 aromatic heterocycles. The lowest BCUT2D eigenvalue weighted by atomic mass is 10.2. The summed E-state index contributed by atoms with van der Waals surface area (Å²) in [4.78, 5) is 40.2. The third-order valence-electron chi connectivity index (χ3n) is 3.57. The van der Waals surface area contributed by atoms with Gasteiger partial charge in [0.15, 0.2) is 0 Å². The Morgan fingerprint density at radius 2 is 1.65 bits per heavy atom. The minimum Gasteiger partial charge on any atom is -0.354 e. The second-order valence-electron chi connectivity index (χ2n) is 5.64. The summed E-state index contributed by atoms with van der Waals surface area (Å²) in [5.41, 5.74) is 1.79. The van der Waals surface area contributed by atoms with Crippen LogP contribution >= 0.6 is 11.3 Å². The van der Waals surface area contributed by atoms with Crippen molar-refractivity contribution in [2.45, 2.75) is 27.2 Å². The maximum atomic E-state index is 12.3. The van der Waals surface area contributed by atoms with Crippen LogP contribution in [0.3, 0.4) is 0 Å². The lowest BCUT2D eigenvalue weighted by molar-refractivity contribution is -0.120. The van der Waals surface area contributed by atoms with Crippen molar-refractivity contribution in [2.24, 2.45) is 0 Å². The number of aromatic nitrogens is 1. The van der Waals surface area contributed by atoms with E-state index in [0.29, 0.717) is 41.3 Å². The number of nitrogens with zero attached hydrogens (tertiary/aromatic N) is 1. The minimum absolute atomic E-state index is 0.0503. The van der Waals surface area contributed by atoms with Crippen molar-refractivity contribution in [1.82, 2.24) is 15.6 Å². The van der Waals surface area contributed by atoms with Crippen LogP contribution in [-0.4, -0.2) is 35.8 Å². The van der Waals surface area contributed by atoms with Gasteiger partial charge in [-0.05, 0) is 38.1 Å². The molecule has 0 aliphatic heterocycles. The molecular formula is C18H22N4O3S. The molecule has 1 aromatic carbocycles. The molecule has 0 radical (unpaired) electrons. The smallest absolute Gasteiger partial charge is 0.267 e. The van der Waals surface area contributed by atoms with Crippen LogP contribution in [0.2, 0.25) is 0 Å². The van der Waals surface area contributed by atoms with Gasteiger partial charge in [-0.25, -0.2) is 4.98 Å². The number of anilines is 1. The molecule has 26 heavy (non-hydrogen) atoms. The summed E-state index contributed by atoms with van der Waals surface area (Å²) in [6, 6.07) is 6.63. The molecule has 3 N–H and O–H groups in total. The largest absolute Gasteiger partial charge is 0.354 e. The molecule has 0 fully saturated rings. The molecule has 2 rings (SSSR count). The van der Waals surface area contributed by atoms with Gasteiger partial charge in [0.25, 0.3) is 11.8 Å². The summed E-state index contributed by atoms with van der Waals surface area (Å²) in [6.07, 6.45) is 0.418. The zero-order chi connectivity index (χ0) is 19.1. The molecule has 2 aromatic rings. The normalized spacial score (nSPS) is 10.3. The predicted molar refractivity (Wildman–Crippen MR) is 102 cm³/mol. The minimum atomic E-state index is -0.234. The third kappa shape index (κ3) is 5.38. The molecule has 0 spiro atoms. The Morgan fingerprint density at radius 1 is 1.00 bits per heavy atom. The molecule has 138 valence electrons. The van der Waals surface area contributed by atoms with Crippen molar-refractivity contribution in [2.75, 3.05) is 18.4 Å². The number of hydrogen-bond acceptors (Lipinski definition) is 5. The van der Waals surface area contributed by atoms with Crippen LogP contribution in [0.5, 0.6) is 0 Å². The maximum Gasteiger partial charge on any atom is 0.267 e. The quantitative estimate of drug-likeness (QED) is 0.647. The number of carbonyl (C=O) groups is 3. The van der Waals surface area contributed by atoms with E-state index in [-0.39, 0.29) is 17.7 Å². The Kier molecular flexibility index (Phi) is 6.85. The van der Waals surface area contributed by atoms with E-state index >= 15 is 0 Å². The third-order valence-corrected chi connectivity index (χ3v) is 4.64. The fourth-order valence-electron chi connectivity index (χ4n) is 2.24. The van der Waals surface area contributed by atoms with E-state index in [9.17, 15) is 14.4 Å². The Hall–Kier alpha value is -2.74. The molecular weight excluding hydrogens is 352 g/mol.